The second kappa shape index (κ2) is 10.6. The fraction of sp³-hybridized carbons (Fsp3) is 0.591. The standard InChI is InChI=1S/C22H32ClN3O3/c1-5-7-9-17(6-2)22(29)25(16(3)4)14-20(27)24-13-21(28)26(15-24)19-11-8-10-18(23)12-19/h8,10-12,16-17H,5-7,9,13-15H2,1-4H3. The zero-order valence-corrected chi connectivity index (χ0v) is 18.6. The number of hydrogen-bond acceptors (Lipinski definition) is 3. The van der Waals surface area contributed by atoms with Gasteiger partial charge in [-0.3, -0.25) is 19.3 Å². The molecule has 0 N–H and O–H groups in total. The number of benzene rings is 1. The Morgan fingerprint density at radius 1 is 1.24 bits per heavy atom. The van der Waals surface area contributed by atoms with Crippen LogP contribution in [0.5, 0.6) is 0 Å². The molecule has 1 saturated heterocycles. The summed E-state index contributed by atoms with van der Waals surface area (Å²) in [5.41, 5.74) is 0.667. The summed E-state index contributed by atoms with van der Waals surface area (Å²) in [5.74, 6) is -0.400. The highest BCUT2D eigenvalue weighted by Crippen LogP contribution is 2.23. The van der Waals surface area contributed by atoms with Gasteiger partial charge in [0.15, 0.2) is 0 Å². The molecule has 2 rings (SSSR count). The van der Waals surface area contributed by atoms with E-state index in [1.807, 2.05) is 20.8 Å². The Morgan fingerprint density at radius 3 is 2.55 bits per heavy atom. The molecule has 0 radical (unpaired) electrons. The van der Waals surface area contributed by atoms with E-state index in [1.54, 1.807) is 34.1 Å². The summed E-state index contributed by atoms with van der Waals surface area (Å²) < 4.78 is 0. The average molecular weight is 422 g/mol. The first kappa shape index (κ1) is 23.2. The van der Waals surface area contributed by atoms with Gasteiger partial charge in [0.05, 0.1) is 0 Å². The van der Waals surface area contributed by atoms with Crippen molar-refractivity contribution in [2.45, 2.75) is 59.4 Å². The smallest absolute Gasteiger partial charge is 0.248 e. The van der Waals surface area contributed by atoms with Crippen LogP contribution in [0.3, 0.4) is 0 Å². The van der Waals surface area contributed by atoms with Gasteiger partial charge in [-0.1, -0.05) is 44.4 Å². The minimum atomic E-state index is -0.213. The minimum Gasteiger partial charge on any atom is -0.331 e. The summed E-state index contributed by atoms with van der Waals surface area (Å²) in [5, 5.41) is 0.536. The normalized spacial score (nSPS) is 15.2. The van der Waals surface area contributed by atoms with Crippen molar-refractivity contribution in [1.29, 1.82) is 0 Å². The van der Waals surface area contributed by atoms with Gasteiger partial charge in [0, 0.05) is 22.7 Å². The monoisotopic (exact) mass is 421 g/mol. The van der Waals surface area contributed by atoms with E-state index in [0.29, 0.717) is 10.7 Å². The van der Waals surface area contributed by atoms with E-state index < -0.39 is 0 Å². The minimum absolute atomic E-state index is 0.00418. The van der Waals surface area contributed by atoms with Crippen LogP contribution in [0, 0.1) is 5.92 Å². The zero-order chi connectivity index (χ0) is 21.6. The Kier molecular flexibility index (Phi) is 8.50. The average Bonchev–Trinajstić information content (AvgIpc) is 3.08. The van der Waals surface area contributed by atoms with Crippen LogP contribution < -0.4 is 4.90 Å². The lowest BCUT2D eigenvalue weighted by molar-refractivity contribution is -0.144. The highest BCUT2D eigenvalue weighted by molar-refractivity contribution is 6.31. The Balaban J connectivity index is 2.06. The highest BCUT2D eigenvalue weighted by Gasteiger charge is 2.34. The van der Waals surface area contributed by atoms with Crippen molar-refractivity contribution >= 4 is 35.0 Å². The molecule has 1 atom stereocenters. The Hall–Kier alpha value is -2.08. The van der Waals surface area contributed by atoms with Crippen LogP contribution in [0.1, 0.15) is 53.4 Å². The molecule has 0 saturated carbocycles. The first-order valence-electron chi connectivity index (χ1n) is 10.4. The fourth-order valence-corrected chi connectivity index (χ4v) is 3.72. The van der Waals surface area contributed by atoms with E-state index in [9.17, 15) is 14.4 Å². The molecule has 1 aliphatic heterocycles. The first-order valence-corrected chi connectivity index (χ1v) is 10.8. The number of hydrogen-bond donors (Lipinski definition) is 0. The number of amides is 3. The second-order valence-corrected chi connectivity index (χ2v) is 8.28. The van der Waals surface area contributed by atoms with E-state index in [0.717, 1.165) is 25.7 Å². The molecule has 1 heterocycles. The lowest BCUT2D eigenvalue weighted by Gasteiger charge is -2.31. The molecule has 1 aromatic carbocycles. The number of carbonyl (C=O) groups excluding carboxylic acids is 3. The number of anilines is 1. The maximum atomic E-state index is 13.0. The fourth-order valence-electron chi connectivity index (χ4n) is 3.53. The van der Waals surface area contributed by atoms with Gasteiger partial charge in [-0.2, -0.15) is 0 Å². The zero-order valence-electron chi connectivity index (χ0n) is 17.9. The summed E-state index contributed by atoms with van der Waals surface area (Å²) in [7, 11) is 0. The van der Waals surface area contributed by atoms with Gasteiger partial charge in [-0.25, -0.2) is 0 Å². The molecule has 7 heteroatoms. The lowest BCUT2D eigenvalue weighted by atomic mass is 9.97. The summed E-state index contributed by atoms with van der Waals surface area (Å²) in [4.78, 5) is 43.1. The molecule has 1 aliphatic rings. The maximum Gasteiger partial charge on any atom is 0.248 e. The predicted octanol–water partition coefficient (Wildman–Crippen LogP) is 3.93. The third kappa shape index (κ3) is 5.95. The number of rotatable bonds is 9. The predicted molar refractivity (Wildman–Crippen MR) is 116 cm³/mol. The van der Waals surface area contributed by atoms with Crippen LogP contribution in [0.15, 0.2) is 24.3 Å². The highest BCUT2D eigenvalue weighted by atomic mass is 35.5. The molecule has 0 aromatic heterocycles. The first-order chi connectivity index (χ1) is 13.8. The van der Waals surface area contributed by atoms with E-state index in [-0.39, 0.29) is 49.4 Å². The third-order valence-electron chi connectivity index (χ3n) is 5.37. The van der Waals surface area contributed by atoms with Gasteiger partial charge in [0.25, 0.3) is 0 Å². The van der Waals surface area contributed by atoms with Crippen molar-refractivity contribution in [3.63, 3.8) is 0 Å². The molecule has 0 bridgehead atoms. The molecular weight excluding hydrogens is 390 g/mol. The molecular formula is C22H32ClN3O3. The van der Waals surface area contributed by atoms with Gasteiger partial charge >= 0.3 is 0 Å². The van der Waals surface area contributed by atoms with Crippen molar-refractivity contribution in [2.24, 2.45) is 5.92 Å². The lowest BCUT2D eigenvalue weighted by Crippen LogP contribution is -2.47. The number of unbranched alkanes of at least 4 members (excludes halogenated alkanes) is 1. The summed E-state index contributed by atoms with van der Waals surface area (Å²) >= 11 is 6.03. The number of halogens is 1. The summed E-state index contributed by atoms with van der Waals surface area (Å²) in [6.45, 7) is 8.15. The Labute approximate surface area is 178 Å². The number of carbonyl (C=O) groups is 3. The van der Waals surface area contributed by atoms with E-state index in [4.69, 9.17) is 11.6 Å². The summed E-state index contributed by atoms with van der Waals surface area (Å²) in [6.07, 6.45) is 3.65. The van der Waals surface area contributed by atoms with Crippen molar-refractivity contribution in [3.8, 4) is 0 Å². The maximum absolute atomic E-state index is 13.0. The van der Waals surface area contributed by atoms with E-state index in [2.05, 4.69) is 6.92 Å². The van der Waals surface area contributed by atoms with Crippen LogP contribution in [0.4, 0.5) is 5.69 Å². The topological polar surface area (TPSA) is 60.9 Å². The van der Waals surface area contributed by atoms with E-state index in [1.165, 1.54) is 4.90 Å². The Morgan fingerprint density at radius 2 is 1.97 bits per heavy atom. The molecule has 29 heavy (non-hydrogen) atoms. The molecule has 1 fully saturated rings. The van der Waals surface area contributed by atoms with Crippen molar-refractivity contribution in [2.75, 3.05) is 24.7 Å². The van der Waals surface area contributed by atoms with Gasteiger partial charge in [0.2, 0.25) is 17.7 Å². The van der Waals surface area contributed by atoms with Crippen molar-refractivity contribution in [3.05, 3.63) is 29.3 Å². The third-order valence-corrected chi connectivity index (χ3v) is 5.61. The van der Waals surface area contributed by atoms with Gasteiger partial charge in [-0.05, 0) is 44.9 Å². The van der Waals surface area contributed by atoms with Gasteiger partial charge < -0.3 is 9.80 Å². The number of nitrogens with zero attached hydrogens (tertiary/aromatic N) is 3. The molecule has 160 valence electrons. The summed E-state index contributed by atoms with van der Waals surface area (Å²) in [6, 6.07) is 6.93. The van der Waals surface area contributed by atoms with Crippen LogP contribution in [-0.2, 0) is 14.4 Å². The molecule has 0 aliphatic carbocycles. The molecule has 3 amide bonds. The molecule has 6 nitrogen and oxygen atoms in total. The van der Waals surface area contributed by atoms with Gasteiger partial charge in [0.1, 0.15) is 19.8 Å². The largest absolute Gasteiger partial charge is 0.331 e. The second-order valence-electron chi connectivity index (χ2n) is 7.84. The Bertz CT molecular complexity index is 738. The van der Waals surface area contributed by atoms with Crippen LogP contribution in [0.2, 0.25) is 5.02 Å². The van der Waals surface area contributed by atoms with Crippen LogP contribution in [0.25, 0.3) is 0 Å². The van der Waals surface area contributed by atoms with E-state index >= 15 is 0 Å². The molecule has 1 unspecified atom stereocenters. The van der Waals surface area contributed by atoms with Crippen LogP contribution in [-0.4, -0.2) is 53.3 Å². The van der Waals surface area contributed by atoms with Crippen molar-refractivity contribution in [1.82, 2.24) is 9.80 Å². The molecule has 1 aromatic rings. The van der Waals surface area contributed by atoms with Crippen LogP contribution >= 0.6 is 11.6 Å². The quantitative estimate of drug-likeness (QED) is 0.607. The van der Waals surface area contributed by atoms with Gasteiger partial charge in [-0.15, -0.1) is 0 Å². The van der Waals surface area contributed by atoms with Crippen molar-refractivity contribution < 1.29 is 14.4 Å². The SMILES string of the molecule is CCCCC(CC)C(=O)N(CC(=O)N1CC(=O)N(c2cccc(Cl)c2)C1)C(C)C. The molecule has 0 spiro atoms.